The Kier molecular flexibility index (Phi) is 11.3. The molecule has 0 heterocycles. The summed E-state index contributed by atoms with van der Waals surface area (Å²) < 4.78 is 10.7. The number of aliphatic carboxylic acids is 1. The normalized spacial score (nSPS) is 10.4. The molecule has 232 valence electrons. The van der Waals surface area contributed by atoms with Crippen molar-refractivity contribution in [3.8, 4) is 5.75 Å². The monoisotopic (exact) mass is 609 g/mol. The van der Waals surface area contributed by atoms with Gasteiger partial charge in [0.25, 0.3) is 0 Å². The van der Waals surface area contributed by atoms with Crippen LogP contribution in [0.4, 0.5) is 21.9 Å². The van der Waals surface area contributed by atoms with E-state index in [0.717, 1.165) is 27.9 Å². The maximum Gasteiger partial charge on any atom is 0.341 e. The minimum Gasteiger partial charge on any atom is -0.482 e. The van der Waals surface area contributed by atoms with Gasteiger partial charge in [0.05, 0.1) is 6.42 Å². The summed E-state index contributed by atoms with van der Waals surface area (Å²) in [7, 11) is 0. The van der Waals surface area contributed by atoms with Gasteiger partial charge in [-0.3, -0.25) is 9.59 Å². The number of carbonyl (C=O) groups excluding carboxylic acids is 3. The van der Waals surface area contributed by atoms with Crippen molar-refractivity contribution in [2.45, 2.75) is 39.7 Å². The molecule has 10 heteroatoms. The Hall–Kier alpha value is -5.64. The highest BCUT2D eigenvalue weighted by atomic mass is 16.5. The molecule has 0 aliphatic carbocycles. The van der Waals surface area contributed by atoms with Gasteiger partial charge in [0.1, 0.15) is 12.4 Å². The minimum atomic E-state index is -1.14. The largest absolute Gasteiger partial charge is 0.482 e. The predicted molar refractivity (Wildman–Crippen MR) is 171 cm³/mol. The number of para-hydroxylation sites is 1. The number of hydrogen-bond acceptors (Lipinski definition) is 6. The Morgan fingerprint density at radius 3 is 2.11 bits per heavy atom. The van der Waals surface area contributed by atoms with Crippen molar-refractivity contribution in [3.05, 3.63) is 119 Å². The third kappa shape index (κ3) is 10.2. The fourth-order valence-electron chi connectivity index (χ4n) is 4.56. The molecule has 0 bridgehead atoms. The zero-order valence-corrected chi connectivity index (χ0v) is 25.1. The fourth-order valence-corrected chi connectivity index (χ4v) is 4.56. The lowest BCUT2D eigenvalue weighted by molar-refractivity contribution is -0.145. The molecule has 0 saturated carbocycles. The summed E-state index contributed by atoms with van der Waals surface area (Å²) in [5.41, 5.74) is 5.88. The number of esters is 1. The van der Waals surface area contributed by atoms with Crippen LogP contribution in [0.2, 0.25) is 0 Å². The van der Waals surface area contributed by atoms with Gasteiger partial charge in [0, 0.05) is 23.5 Å². The molecular weight excluding hydrogens is 574 g/mol. The molecule has 0 radical (unpaired) electrons. The first-order chi connectivity index (χ1) is 21.7. The highest BCUT2D eigenvalue weighted by Crippen LogP contribution is 2.25. The van der Waals surface area contributed by atoms with Crippen LogP contribution in [0, 0.1) is 13.8 Å². The number of carboxylic acids is 1. The van der Waals surface area contributed by atoms with Crippen molar-refractivity contribution in [3.63, 3.8) is 0 Å². The molecule has 0 spiro atoms. The molecule has 0 aromatic heterocycles. The Balaban J connectivity index is 1.32. The topological polar surface area (TPSA) is 143 Å². The molecule has 0 aliphatic heterocycles. The number of aryl methyl sites for hydroxylation is 3. The second-order valence-corrected chi connectivity index (χ2v) is 10.4. The first kappa shape index (κ1) is 32.3. The Morgan fingerprint density at radius 2 is 1.42 bits per heavy atom. The summed E-state index contributed by atoms with van der Waals surface area (Å²) >= 11 is 0. The van der Waals surface area contributed by atoms with Crippen LogP contribution >= 0.6 is 0 Å². The summed E-state index contributed by atoms with van der Waals surface area (Å²) in [6, 6.07) is 26.5. The van der Waals surface area contributed by atoms with Gasteiger partial charge < -0.3 is 30.5 Å². The molecular formula is C35H35N3O7. The lowest BCUT2D eigenvalue weighted by Crippen LogP contribution is -2.20. The van der Waals surface area contributed by atoms with Crippen molar-refractivity contribution >= 4 is 40.9 Å². The SMILES string of the molecule is Cc1cccc(C)c1NC(=O)Nc1ccc(CC(=O)Nc2ccc(OCC(=O)O)c(CCC(=O)OCc3ccccc3)c2)cc1. The maximum absolute atomic E-state index is 12.8. The molecule has 0 fully saturated rings. The predicted octanol–water partition coefficient (Wildman–Crippen LogP) is 6.27. The molecule has 4 aromatic rings. The number of hydrogen-bond donors (Lipinski definition) is 4. The van der Waals surface area contributed by atoms with Gasteiger partial charge in [-0.2, -0.15) is 0 Å². The van der Waals surface area contributed by atoms with Gasteiger partial charge in [-0.1, -0.05) is 60.7 Å². The smallest absolute Gasteiger partial charge is 0.341 e. The molecule has 0 unspecified atom stereocenters. The van der Waals surface area contributed by atoms with Crippen LogP contribution < -0.4 is 20.7 Å². The number of carbonyl (C=O) groups is 4. The highest BCUT2D eigenvalue weighted by molar-refractivity contribution is 6.00. The van der Waals surface area contributed by atoms with Crippen molar-refractivity contribution in [1.82, 2.24) is 0 Å². The first-order valence-electron chi connectivity index (χ1n) is 14.4. The van der Waals surface area contributed by atoms with Gasteiger partial charge in [-0.15, -0.1) is 0 Å². The molecule has 0 saturated heterocycles. The second-order valence-electron chi connectivity index (χ2n) is 10.4. The van der Waals surface area contributed by atoms with E-state index in [-0.39, 0.29) is 37.8 Å². The van der Waals surface area contributed by atoms with Crippen molar-refractivity contribution in [2.75, 3.05) is 22.6 Å². The van der Waals surface area contributed by atoms with Crippen LogP contribution in [-0.4, -0.2) is 35.6 Å². The molecule has 4 aromatic carbocycles. The van der Waals surface area contributed by atoms with E-state index in [2.05, 4.69) is 16.0 Å². The van der Waals surface area contributed by atoms with E-state index in [9.17, 15) is 19.2 Å². The summed E-state index contributed by atoms with van der Waals surface area (Å²) in [6.45, 7) is 3.45. The zero-order valence-electron chi connectivity index (χ0n) is 25.1. The van der Waals surface area contributed by atoms with Crippen LogP contribution in [0.25, 0.3) is 0 Å². The van der Waals surface area contributed by atoms with E-state index >= 15 is 0 Å². The number of carboxylic acid groups (broad SMARTS) is 1. The van der Waals surface area contributed by atoms with Crippen LogP contribution in [0.3, 0.4) is 0 Å². The van der Waals surface area contributed by atoms with Gasteiger partial charge in [-0.05, 0) is 78.4 Å². The number of urea groups is 1. The van der Waals surface area contributed by atoms with E-state index in [0.29, 0.717) is 22.7 Å². The number of amides is 3. The third-order valence-electron chi connectivity index (χ3n) is 6.83. The van der Waals surface area contributed by atoms with E-state index < -0.39 is 18.5 Å². The molecule has 4 rings (SSSR count). The summed E-state index contributed by atoms with van der Waals surface area (Å²) in [5.74, 6) is -1.53. The van der Waals surface area contributed by atoms with E-state index in [1.54, 1.807) is 42.5 Å². The quantitative estimate of drug-likeness (QED) is 0.131. The van der Waals surface area contributed by atoms with Crippen LogP contribution in [-0.2, 0) is 38.6 Å². The highest BCUT2D eigenvalue weighted by Gasteiger charge is 2.13. The van der Waals surface area contributed by atoms with Gasteiger partial charge >= 0.3 is 18.0 Å². The summed E-state index contributed by atoms with van der Waals surface area (Å²) in [6.07, 6.45) is 0.335. The maximum atomic E-state index is 12.8. The van der Waals surface area contributed by atoms with Crippen LogP contribution in [0.5, 0.6) is 5.75 Å². The summed E-state index contributed by atoms with van der Waals surface area (Å²) in [4.78, 5) is 48.8. The van der Waals surface area contributed by atoms with Crippen molar-refractivity contribution in [1.29, 1.82) is 0 Å². The molecule has 0 aliphatic rings. The zero-order chi connectivity index (χ0) is 32.2. The van der Waals surface area contributed by atoms with Gasteiger partial charge in [0.15, 0.2) is 6.61 Å². The Labute approximate surface area is 261 Å². The lowest BCUT2D eigenvalue weighted by Gasteiger charge is -2.14. The van der Waals surface area contributed by atoms with E-state index in [1.165, 1.54) is 0 Å². The third-order valence-corrected chi connectivity index (χ3v) is 6.83. The standard InChI is InChI=1S/C35H35N3O7/c1-23-7-6-8-24(2)34(23)38-35(43)37-28-14-11-25(12-15-28)19-31(39)36-29-16-17-30(44-22-32(40)41)27(20-29)13-18-33(42)45-21-26-9-4-3-5-10-26/h3-12,14-17,20H,13,18-19,21-22H2,1-2H3,(H,36,39)(H,40,41)(H2,37,38,43). The number of benzene rings is 4. The first-order valence-corrected chi connectivity index (χ1v) is 14.4. The molecule has 45 heavy (non-hydrogen) atoms. The average molecular weight is 610 g/mol. The van der Waals surface area contributed by atoms with Crippen LogP contribution in [0.1, 0.15) is 34.2 Å². The van der Waals surface area contributed by atoms with E-state index in [4.69, 9.17) is 14.6 Å². The van der Waals surface area contributed by atoms with Gasteiger partial charge in [0.2, 0.25) is 5.91 Å². The summed E-state index contributed by atoms with van der Waals surface area (Å²) in [5, 5.41) is 17.5. The molecule has 0 atom stereocenters. The second kappa shape index (κ2) is 15.7. The average Bonchev–Trinajstić information content (AvgIpc) is 3.01. The number of anilines is 3. The molecule has 10 nitrogen and oxygen atoms in total. The fraction of sp³-hybridized carbons (Fsp3) is 0.200. The van der Waals surface area contributed by atoms with E-state index in [1.807, 2.05) is 62.4 Å². The minimum absolute atomic E-state index is 0.0383. The van der Waals surface area contributed by atoms with Gasteiger partial charge in [-0.25, -0.2) is 9.59 Å². The van der Waals surface area contributed by atoms with Crippen molar-refractivity contribution in [2.24, 2.45) is 0 Å². The number of ether oxygens (including phenoxy) is 2. The van der Waals surface area contributed by atoms with Crippen molar-refractivity contribution < 1.29 is 33.8 Å². The Bertz CT molecular complexity index is 1630. The number of rotatable bonds is 13. The molecule has 4 N–H and O–H groups in total. The van der Waals surface area contributed by atoms with Crippen LogP contribution in [0.15, 0.2) is 91.0 Å². The molecule has 3 amide bonds. The number of nitrogens with one attached hydrogen (secondary N) is 3. The Morgan fingerprint density at radius 1 is 0.733 bits per heavy atom. The lowest BCUT2D eigenvalue weighted by atomic mass is 10.1.